The van der Waals surface area contributed by atoms with E-state index < -0.39 is 4.92 Å². The summed E-state index contributed by atoms with van der Waals surface area (Å²) in [5.41, 5.74) is 1.46. The number of nitro benzene ring substituents is 1. The summed E-state index contributed by atoms with van der Waals surface area (Å²) < 4.78 is 0. The fourth-order valence-electron chi connectivity index (χ4n) is 2.14. The Balaban J connectivity index is 2.22. The van der Waals surface area contributed by atoms with Crippen molar-refractivity contribution in [2.24, 2.45) is 0 Å². The second kappa shape index (κ2) is 4.23. The van der Waals surface area contributed by atoms with Gasteiger partial charge in [-0.25, -0.2) is 0 Å². The van der Waals surface area contributed by atoms with Crippen LogP contribution >= 0.6 is 0 Å². The molecule has 0 aliphatic carbocycles. The first kappa shape index (κ1) is 10.9. The maximum atomic E-state index is 11.0. The SMILES string of the molecule is O=[N+]([O-])c1ccc(N2CCCO2)c2ncccc12. The predicted octanol–water partition coefficient (Wildman–Crippen LogP) is 2.28. The number of rotatable bonds is 2. The first-order chi connectivity index (χ1) is 8.77. The van der Waals surface area contributed by atoms with Crippen LogP contribution in [0.3, 0.4) is 0 Å². The molecule has 0 saturated carbocycles. The van der Waals surface area contributed by atoms with E-state index in [-0.39, 0.29) is 5.69 Å². The van der Waals surface area contributed by atoms with Gasteiger partial charge in [0.2, 0.25) is 0 Å². The zero-order valence-corrected chi connectivity index (χ0v) is 9.57. The van der Waals surface area contributed by atoms with Crippen molar-refractivity contribution in [3.8, 4) is 0 Å². The summed E-state index contributed by atoms with van der Waals surface area (Å²) in [6.07, 6.45) is 2.58. The monoisotopic (exact) mass is 245 g/mol. The topological polar surface area (TPSA) is 68.5 Å². The van der Waals surface area contributed by atoms with Gasteiger partial charge in [0.25, 0.3) is 5.69 Å². The molecule has 18 heavy (non-hydrogen) atoms. The highest BCUT2D eigenvalue weighted by molar-refractivity contribution is 5.96. The highest BCUT2D eigenvalue weighted by Crippen LogP contribution is 2.33. The normalized spacial score (nSPS) is 15.2. The molecule has 92 valence electrons. The van der Waals surface area contributed by atoms with Gasteiger partial charge in [-0.1, -0.05) is 0 Å². The molecule has 1 saturated heterocycles. The van der Waals surface area contributed by atoms with E-state index >= 15 is 0 Å². The fraction of sp³-hybridized carbons (Fsp3) is 0.250. The van der Waals surface area contributed by atoms with Crippen LogP contribution in [0, 0.1) is 10.1 Å². The van der Waals surface area contributed by atoms with E-state index in [1.165, 1.54) is 6.07 Å². The minimum atomic E-state index is -0.390. The molecule has 0 radical (unpaired) electrons. The average Bonchev–Trinajstić information content (AvgIpc) is 2.91. The van der Waals surface area contributed by atoms with Gasteiger partial charge in [0, 0.05) is 18.8 Å². The first-order valence-electron chi connectivity index (χ1n) is 5.70. The number of non-ortho nitro benzene ring substituents is 1. The van der Waals surface area contributed by atoms with Crippen LogP contribution in [-0.4, -0.2) is 23.1 Å². The third-order valence-electron chi connectivity index (χ3n) is 2.94. The lowest BCUT2D eigenvalue weighted by Crippen LogP contribution is -2.16. The van der Waals surface area contributed by atoms with Crippen LogP contribution in [0.1, 0.15) is 6.42 Å². The molecule has 1 aliphatic rings. The Morgan fingerprint density at radius 3 is 3.00 bits per heavy atom. The lowest BCUT2D eigenvalue weighted by molar-refractivity contribution is -0.383. The Morgan fingerprint density at radius 2 is 2.28 bits per heavy atom. The van der Waals surface area contributed by atoms with Crippen molar-refractivity contribution < 1.29 is 9.76 Å². The molecular weight excluding hydrogens is 234 g/mol. The maximum absolute atomic E-state index is 11.0. The van der Waals surface area contributed by atoms with Gasteiger partial charge in [0.05, 0.1) is 22.6 Å². The Kier molecular flexibility index (Phi) is 2.56. The average molecular weight is 245 g/mol. The number of nitrogens with zero attached hydrogens (tertiary/aromatic N) is 3. The lowest BCUT2D eigenvalue weighted by atomic mass is 10.1. The van der Waals surface area contributed by atoms with Crippen molar-refractivity contribution in [1.29, 1.82) is 0 Å². The van der Waals surface area contributed by atoms with Gasteiger partial charge >= 0.3 is 0 Å². The lowest BCUT2D eigenvalue weighted by Gasteiger charge is -2.17. The third-order valence-corrected chi connectivity index (χ3v) is 2.94. The molecule has 0 unspecified atom stereocenters. The second-order valence-electron chi connectivity index (χ2n) is 4.05. The van der Waals surface area contributed by atoms with Gasteiger partial charge < -0.3 is 0 Å². The predicted molar refractivity (Wildman–Crippen MR) is 66.3 cm³/mol. The van der Waals surface area contributed by atoms with Gasteiger partial charge in [-0.2, -0.15) is 0 Å². The standard InChI is InChI=1S/C12H11N3O3/c16-15(17)10-4-5-11(14-7-2-8-18-14)12-9(10)3-1-6-13-12/h1,3-6H,2,7-8H2. The van der Waals surface area contributed by atoms with E-state index in [1.807, 2.05) is 0 Å². The summed E-state index contributed by atoms with van der Waals surface area (Å²) in [6.45, 7) is 1.45. The zero-order valence-electron chi connectivity index (χ0n) is 9.57. The zero-order chi connectivity index (χ0) is 12.5. The number of hydroxylamine groups is 1. The van der Waals surface area contributed by atoms with E-state index in [2.05, 4.69) is 4.98 Å². The number of pyridine rings is 1. The van der Waals surface area contributed by atoms with Crippen molar-refractivity contribution >= 4 is 22.3 Å². The molecule has 0 atom stereocenters. The van der Waals surface area contributed by atoms with E-state index in [9.17, 15) is 10.1 Å². The molecular formula is C12H11N3O3. The first-order valence-corrected chi connectivity index (χ1v) is 5.70. The smallest absolute Gasteiger partial charge is 0.273 e. The molecule has 6 nitrogen and oxygen atoms in total. The summed E-state index contributed by atoms with van der Waals surface area (Å²) in [5.74, 6) is 0. The van der Waals surface area contributed by atoms with Crippen LogP contribution in [0.2, 0.25) is 0 Å². The van der Waals surface area contributed by atoms with E-state index in [0.29, 0.717) is 17.5 Å². The van der Waals surface area contributed by atoms with Crippen molar-refractivity contribution in [1.82, 2.24) is 4.98 Å². The minimum Gasteiger partial charge on any atom is -0.273 e. The van der Waals surface area contributed by atoms with E-state index in [1.54, 1.807) is 29.5 Å². The molecule has 1 fully saturated rings. The summed E-state index contributed by atoms with van der Waals surface area (Å²) in [6, 6.07) is 6.60. The molecule has 2 aromatic rings. The molecule has 3 rings (SSSR count). The Labute approximate surface area is 103 Å². The quantitative estimate of drug-likeness (QED) is 0.599. The summed E-state index contributed by atoms with van der Waals surface area (Å²) in [7, 11) is 0. The van der Waals surface area contributed by atoms with Crippen LogP contribution in [0.25, 0.3) is 10.9 Å². The van der Waals surface area contributed by atoms with Gasteiger partial charge in [-0.15, -0.1) is 0 Å². The summed E-state index contributed by atoms with van der Waals surface area (Å²) in [4.78, 5) is 20.3. The molecule has 0 spiro atoms. The van der Waals surface area contributed by atoms with Crippen LogP contribution in [-0.2, 0) is 4.84 Å². The summed E-state index contributed by atoms with van der Waals surface area (Å²) >= 11 is 0. The number of hydrogen-bond acceptors (Lipinski definition) is 5. The van der Waals surface area contributed by atoms with Crippen molar-refractivity contribution in [2.75, 3.05) is 18.2 Å². The van der Waals surface area contributed by atoms with Gasteiger partial charge in [-0.05, 0) is 24.6 Å². The van der Waals surface area contributed by atoms with Crippen LogP contribution in [0.4, 0.5) is 11.4 Å². The second-order valence-corrected chi connectivity index (χ2v) is 4.05. The Hall–Kier alpha value is -2.21. The van der Waals surface area contributed by atoms with Gasteiger partial charge in [-0.3, -0.25) is 25.0 Å². The fourth-order valence-corrected chi connectivity index (χ4v) is 2.14. The minimum absolute atomic E-state index is 0.0704. The molecule has 0 bridgehead atoms. The van der Waals surface area contributed by atoms with Gasteiger partial charge in [0.15, 0.2) is 0 Å². The van der Waals surface area contributed by atoms with Crippen LogP contribution in [0.15, 0.2) is 30.5 Å². The molecule has 2 heterocycles. The Bertz CT molecular complexity index is 609. The highest BCUT2D eigenvalue weighted by Gasteiger charge is 2.21. The van der Waals surface area contributed by atoms with Crippen LogP contribution in [0.5, 0.6) is 0 Å². The molecule has 0 amide bonds. The number of nitro groups is 1. The van der Waals surface area contributed by atoms with Crippen molar-refractivity contribution in [3.05, 3.63) is 40.6 Å². The molecule has 0 N–H and O–H groups in total. The van der Waals surface area contributed by atoms with Crippen molar-refractivity contribution in [2.45, 2.75) is 6.42 Å². The largest absolute Gasteiger partial charge is 0.278 e. The van der Waals surface area contributed by atoms with Gasteiger partial charge in [0.1, 0.15) is 5.52 Å². The molecule has 1 aliphatic heterocycles. The molecule has 1 aromatic heterocycles. The number of aromatic nitrogens is 1. The number of hydrogen-bond donors (Lipinski definition) is 0. The maximum Gasteiger partial charge on any atom is 0.278 e. The Morgan fingerprint density at radius 1 is 1.39 bits per heavy atom. The van der Waals surface area contributed by atoms with E-state index in [0.717, 1.165) is 18.7 Å². The number of anilines is 1. The summed E-state index contributed by atoms with van der Waals surface area (Å²) in [5, 5.41) is 13.3. The number of benzene rings is 1. The van der Waals surface area contributed by atoms with Crippen molar-refractivity contribution in [3.63, 3.8) is 0 Å². The molecule has 1 aromatic carbocycles. The highest BCUT2D eigenvalue weighted by atomic mass is 16.7. The molecule has 6 heteroatoms. The number of fused-ring (bicyclic) bond motifs is 1. The third kappa shape index (κ3) is 1.67. The van der Waals surface area contributed by atoms with Crippen LogP contribution < -0.4 is 5.06 Å². The van der Waals surface area contributed by atoms with E-state index in [4.69, 9.17) is 4.84 Å².